The van der Waals surface area contributed by atoms with Crippen LogP contribution in [-0.4, -0.2) is 151 Å². The zero-order valence-corrected chi connectivity index (χ0v) is 46.4. The number of methoxy groups -OCH3 is 2. The van der Waals surface area contributed by atoms with Crippen LogP contribution in [-0.2, 0) is 62.3 Å². The van der Waals surface area contributed by atoms with Gasteiger partial charge in [0, 0.05) is 88.1 Å². The Balaban J connectivity index is 1.19. The molecule has 0 aliphatic carbocycles. The number of aromatic nitrogens is 4. The average molecular weight is 1040 g/mol. The topological polar surface area (TPSA) is 215 Å². The van der Waals surface area contributed by atoms with Gasteiger partial charge < -0.3 is 48.5 Å². The van der Waals surface area contributed by atoms with Crippen LogP contribution in [0.5, 0.6) is 0 Å². The van der Waals surface area contributed by atoms with Gasteiger partial charge in [0.1, 0.15) is 23.6 Å². The van der Waals surface area contributed by atoms with Crippen molar-refractivity contribution in [1.29, 1.82) is 0 Å². The highest BCUT2D eigenvalue weighted by Gasteiger charge is 2.53. The van der Waals surface area contributed by atoms with Crippen LogP contribution in [0, 0.1) is 30.6 Å². The van der Waals surface area contributed by atoms with Crippen LogP contribution < -0.4 is 5.56 Å². The number of benzene rings is 1. The van der Waals surface area contributed by atoms with Gasteiger partial charge in [0.2, 0.25) is 0 Å². The van der Waals surface area contributed by atoms with Crippen LogP contribution in [0.3, 0.4) is 0 Å². The van der Waals surface area contributed by atoms with Gasteiger partial charge in [-0.2, -0.15) is 0 Å². The molecule has 5 heterocycles. The summed E-state index contributed by atoms with van der Waals surface area (Å²) in [7, 11) is 5.14. The number of aryl methyl sites for hydroxylation is 3. The molecule has 18 heteroatoms. The molecule has 3 N–H and O–H groups in total. The Morgan fingerprint density at radius 2 is 1.51 bits per heavy atom. The smallest absolute Gasteiger partial charge is 0.311 e. The Labute approximate surface area is 438 Å². The number of nitrogens with zero attached hydrogens (tertiary/aromatic N) is 5. The zero-order chi connectivity index (χ0) is 54.4. The standard InChI is InChI=1S/C56H87N5O13/c1-15-44-56(11,67)50(64)36(5)48(63)34(3)28-55(10,69-14)52(37(6)49(38(7)53(66)72-44)73-47-29-54(9,68-13)51(65)39(8)71-47)74-46-27-43(26-35(4)70-46)59(12)31-41-32-60(58-57-41)25-17-16-18-40-20-22-42(23-21-40)61-30-33(2)19-24-45(61)62/h19-24,30,32,34-39,43-44,46-47,49-52,64-65,67H,15-18,25-29,31H2,1-14H3/t34-,35-,36+,37+,38-,39+,43+,44?,46?,47?,49-,50-,51+,52-,54-,55+,56-/m1/s1. The van der Waals surface area contributed by atoms with Crippen LogP contribution in [0.25, 0.3) is 5.69 Å². The Hall–Kier alpha value is -3.95. The maximum atomic E-state index is 14.5. The summed E-state index contributed by atoms with van der Waals surface area (Å²) in [6, 6.07) is 11.5. The van der Waals surface area contributed by atoms with Gasteiger partial charge in [0.15, 0.2) is 12.6 Å². The molecule has 0 amide bonds. The Bertz CT molecular complexity index is 2360. The summed E-state index contributed by atoms with van der Waals surface area (Å²) in [6.45, 7) is 20.7. The minimum absolute atomic E-state index is 0.00489. The lowest BCUT2D eigenvalue weighted by Crippen LogP contribution is -2.60. The molecule has 2 aromatic heterocycles. The SMILES string of the molecule is CCC1OC(=O)[C@H](C)[C@H](OC2C[C@@](C)(OC)[C@@H](O)[C@H](C)O2)[C@H](C)[C@@H](OC2C[C@@H](N(C)Cc3cn(CCCCc4ccc(-n5cc(C)ccc5=O)cc4)nn3)C[C@@H](C)O2)[C@@](C)(OC)C[C@@H](C)C(=O)[C@H](C)[C@@H](O)[C@]1(C)O. The first kappa shape index (κ1) is 59.3. The summed E-state index contributed by atoms with van der Waals surface area (Å²) in [5.41, 5.74) is -0.369. The fourth-order valence-electron chi connectivity index (χ4n) is 11.6. The molecule has 414 valence electrons. The highest BCUT2D eigenvalue weighted by atomic mass is 16.7. The first-order valence-electron chi connectivity index (χ1n) is 26.8. The highest BCUT2D eigenvalue weighted by molar-refractivity contribution is 5.83. The molecule has 0 spiro atoms. The molecular formula is C56H87N5O13. The van der Waals surface area contributed by atoms with Crippen molar-refractivity contribution in [3.8, 4) is 5.69 Å². The van der Waals surface area contributed by atoms with Crippen LogP contribution in [0.4, 0.5) is 0 Å². The number of aliphatic hydroxyl groups excluding tert-OH is 2. The summed E-state index contributed by atoms with van der Waals surface area (Å²) >= 11 is 0. The lowest BCUT2D eigenvalue weighted by molar-refractivity contribution is -0.309. The molecule has 3 fully saturated rings. The van der Waals surface area contributed by atoms with Crippen LogP contribution in [0.1, 0.15) is 131 Å². The second-order valence-corrected chi connectivity index (χ2v) is 22.5. The Morgan fingerprint density at radius 1 is 0.824 bits per heavy atom. The van der Waals surface area contributed by atoms with Crippen molar-refractivity contribution in [1.82, 2.24) is 24.5 Å². The van der Waals surface area contributed by atoms with Gasteiger partial charge in [-0.1, -0.05) is 51.1 Å². The number of hydrogen-bond acceptors (Lipinski definition) is 16. The van der Waals surface area contributed by atoms with E-state index in [2.05, 4.69) is 34.4 Å². The van der Waals surface area contributed by atoms with E-state index >= 15 is 0 Å². The van der Waals surface area contributed by atoms with Crippen LogP contribution in [0.2, 0.25) is 0 Å². The molecule has 0 radical (unpaired) electrons. The summed E-state index contributed by atoms with van der Waals surface area (Å²) in [5.74, 6) is -4.34. The highest BCUT2D eigenvalue weighted by Crippen LogP contribution is 2.42. The monoisotopic (exact) mass is 1040 g/mol. The van der Waals surface area contributed by atoms with Gasteiger partial charge in [0.05, 0.1) is 53.3 Å². The zero-order valence-electron chi connectivity index (χ0n) is 46.4. The fourth-order valence-corrected chi connectivity index (χ4v) is 11.6. The summed E-state index contributed by atoms with van der Waals surface area (Å²) in [5, 5.41) is 43.5. The van der Waals surface area contributed by atoms with E-state index in [0.717, 1.165) is 49.2 Å². The van der Waals surface area contributed by atoms with Gasteiger partial charge >= 0.3 is 5.97 Å². The van der Waals surface area contributed by atoms with E-state index in [1.165, 1.54) is 19.6 Å². The molecule has 6 rings (SSSR count). The maximum Gasteiger partial charge on any atom is 0.311 e. The number of carbonyl (C=O) groups excluding carboxylic acids is 2. The summed E-state index contributed by atoms with van der Waals surface area (Å²) < 4.78 is 48.8. The van der Waals surface area contributed by atoms with Gasteiger partial charge in [-0.3, -0.25) is 28.5 Å². The number of pyridine rings is 1. The van der Waals surface area contributed by atoms with Crippen molar-refractivity contribution in [2.75, 3.05) is 21.3 Å². The third-order valence-corrected chi connectivity index (χ3v) is 16.5. The minimum Gasteiger partial charge on any atom is -0.459 e. The maximum absolute atomic E-state index is 14.5. The fraction of sp³-hybridized carbons (Fsp3) is 0.732. The van der Waals surface area contributed by atoms with Gasteiger partial charge in [-0.25, -0.2) is 0 Å². The summed E-state index contributed by atoms with van der Waals surface area (Å²) in [4.78, 5) is 43.4. The molecule has 0 saturated carbocycles. The second-order valence-electron chi connectivity index (χ2n) is 22.5. The van der Waals surface area contributed by atoms with E-state index in [1.807, 2.05) is 63.0 Å². The van der Waals surface area contributed by atoms with Gasteiger partial charge in [-0.15, -0.1) is 5.10 Å². The molecule has 17 atom stereocenters. The number of unbranched alkanes of at least 4 members (excludes halogenated alkanes) is 1. The number of rotatable bonds is 16. The number of Topliss-reactive ketones (excluding diaryl/α,β-unsaturated/α-hetero) is 1. The third kappa shape index (κ3) is 13.8. The van der Waals surface area contributed by atoms with Crippen molar-refractivity contribution < 1.29 is 58.1 Å². The van der Waals surface area contributed by atoms with Gasteiger partial charge in [-0.05, 0) is 117 Å². The van der Waals surface area contributed by atoms with E-state index < -0.39 is 95.6 Å². The van der Waals surface area contributed by atoms with E-state index in [4.69, 9.17) is 33.2 Å². The predicted molar refractivity (Wildman–Crippen MR) is 277 cm³/mol. The van der Waals surface area contributed by atoms with Crippen molar-refractivity contribution in [2.45, 2.75) is 219 Å². The third-order valence-electron chi connectivity index (χ3n) is 16.5. The molecule has 3 aliphatic heterocycles. The normalized spacial score (nSPS) is 36.9. The van der Waals surface area contributed by atoms with Crippen molar-refractivity contribution >= 4 is 11.8 Å². The van der Waals surface area contributed by atoms with E-state index in [-0.39, 0.29) is 42.8 Å². The predicted octanol–water partition coefficient (Wildman–Crippen LogP) is 6.11. The van der Waals surface area contributed by atoms with Crippen LogP contribution in [0.15, 0.2) is 53.6 Å². The Morgan fingerprint density at radius 3 is 2.18 bits per heavy atom. The molecular weight excluding hydrogens is 951 g/mol. The number of carbonyl (C=O) groups is 2. The molecule has 74 heavy (non-hydrogen) atoms. The Kier molecular flexibility index (Phi) is 20.0. The van der Waals surface area contributed by atoms with E-state index in [0.29, 0.717) is 13.0 Å². The van der Waals surface area contributed by atoms with Crippen molar-refractivity contribution in [2.24, 2.45) is 23.7 Å². The molecule has 3 aromatic rings. The molecule has 0 bridgehead atoms. The van der Waals surface area contributed by atoms with Crippen LogP contribution >= 0.6 is 0 Å². The summed E-state index contributed by atoms with van der Waals surface area (Å²) in [6.07, 6.45) is 0.136. The number of ketones is 1. The van der Waals surface area contributed by atoms with E-state index in [9.17, 15) is 29.7 Å². The van der Waals surface area contributed by atoms with Gasteiger partial charge in [0.25, 0.3) is 5.56 Å². The number of esters is 1. The molecule has 3 saturated heterocycles. The lowest BCUT2D eigenvalue weighted by Gasteiger charge is -2.49. The first-order chi connectivity index (χ1) is 34.8. The molecule has 3 unspecified atom stereocenters. The molecule has 3 aliphatic rings. The number of hydrogen-bond donors (Lipinski definition) is 3. The number of aliphatic hydroxyl groups is 3. The molecule has 1 aromatic carbocycles. The number of ether oxygens (including phenoxy) is 7. The van der Waals surface area contributed by atoms with Crippen molar-refractivity contribution in [3.63, 3.8) is 0 Å². The molecule has 18 nitrogen and oxygen atoms in total. The first-order valence-corrected chi connectivity index (χ1v) is 26.8. The van der Waals surface area contributed by atoms with Crippen molar-refractivity contribution in [3.05, 3.63) is 76.0 Å². The largest absolute Gasteiger partial charge is 0.459 e. The lowest BCUT2D eigenvalue weighted by atomic mass is 9.74. The second kappa shape index (κ2) is 25.0. The number of cyclic esters (lactones) is 1. The minimum atomic E-state index is -1.97. The average Bonchev–Trinajstić information content (AvgIpc) is 3.82. The van der Waals surface area contributed by atoms with E-state index in [1.54, 1.807) is 59.3 Å². The quantitative estimate of drug-likeness (QED) is 0.109.